The van der Waals surface area contributed by atoms with Crippen molar-refractivity contribution < 1.29 is 17.6 Å². The minimum atomic E-state index is -4.48. The van der Waals surface area contributed by atoms with Gasteiger partial charge in [-0.1, -0.05) is 42.5 Å². The standard InChI is InChI=1S/C16H13F4N/c17-14-8-6-13(7-9-14)11-21-15(16(18,19)20)10-12-4-2-1-3-5-12/h1-9H,10-11H2. The zero-order chi connectivity index (χ0) is 15.3. The van der Waals surface area contributed by atoms with E-state index >= 15 is 0 Å². The predicted molar refractivity (Wildman–Crippen MR) is 73.7 cm³/mol. The molecule has 0 bridgehead atoms. The SMILES string of the molecule is Fc1ccc(CN=C(Cc2ccccc2)C(F)(F)F)cc1. The molecule has 0 aliphatic rings. The highest BCUT2D eigenvalue weighted by Crippen LogP contribution is 2.21. The molecule has 110 valence electrons. The van der Waals surface area contributed by atoms with Gasteiger partial charge in [0.25, 0.3) is 0 Å². The topological polar surface area (TPSA) is 12.4 Å². The van der Waals surface area contributed by atoms with Crippen LogP contribution in [0.5, 0.6) is 0 Å². The molecular weight excluding hydrogens is 282 g/mol. The van der Waals surface area contributed by atoms with Crippen LogP contribution in [0.25, 0.3) is 0 Å². The molecule has 0 atom stereocenters. The van der Waals surface area contributed by atoms with E-state index in [0.717, 1.165) is 0 Å². The van der Waals surface area contributed by atoms with Gasteiger partial charge in [-0.25, -0.2) is 4.39 Å². The van der Waals surface area contributed by atoms with Crippen LogP contribution in [0.1, 0.15) is 11.1 Å². The molecule has 0 spiro atoms. The minimum absolute atomic E-state index is 0.123. The lowest BCUT2D eigenvalue weighted by Crippen LogP contribution is -2.25. The minimum Gasteiger partial charge on any atom is -0.280 e. The summed E-state index contributed by atoms with van der Waals surface area (Å²) in [6.45, 7) is -0.123. The predicted octanol–water partition coefficient (Wildman–Crippen LogP) is 4.57. The van der Waals surface area contributed by atoms with Crippen LogP contribution < -0.4 is 0 Å². The van der Waals surface area contributed by atoms with Gasteiger partial charge in [-0.2, -0.15) is 13.2 Å². The molecule has 0 unspecified atom stereocenters. The van der Waals surface area contributed by atoms with Gasteiger partial charge in [0.05, 0.1) is 6.54 Å². The van der Waals surface area contributed by atoms with Gasteiger partial charge in [0, 0.05) is 6.42 Å². The third kappa shape index (κ3) is 4.70. The van der Waals surface area contributed by atoms with Gasteiger partial charge in [-0.05, 0) is 23.3 Å². The Morgan fingerprint density at radius 3 is 2.05 bits per heavy atom. The zero-order valence-electron chi connectivity index (χ0n) is 11.1. The van der Waals surface area contributed by atoms with E-state index in [9.17, 15) is 17.6 Å². The average Bonchev–Trinajstić information content (AvgIpc) is 2.45. The quantitative estimate of drug-likeness (QED) is 0.578. The number of rotatable bonds is 4. The first kappa shape index (κ1) is 15.2. The van der Waals surface area contributed by atoms with Crippen LogP contribution in [0.15, 0.2) is 59.6 Å². The Bertz CT molecular complexity index is 600. The molecule has 0 aromatic heterocycles. The Morgan fingerprint density at radius 1 is 0.857 bits per heavy atom. The summed E-state index contributed by atoms with van der Waals surface area (Å²) in [5, 5.41) is 0. The molecule has 0 radical (unpaired) electrons. The van der Waals surface area contributed by atoms with E-state index in [2.05, 4.69) is 4.99 Å². The van der Waals surface area contributed by atoms with Crippen molar-refractivity contribution >= 4 is 5.71 Å². The number of halogens is 4. The van der Waals surface area contributed by atoms with Crippen molar-refractivity contribution in [3.63, 3.8) is 0 Å². The van der Waals surface area contributed by atoms with E-state index in [4.69, 9.17) is 0 Å². The van der Waals surface area contributed by atoms with E-state index in [1.807, 2.05) is 0 Å². The molecule has 0 saturated carbocycles. The Hall–Kier alpha value is -2.17. The summed E-state index contributed by atoms with van der Waals surface area (Å²) in [7, 11) is 0. The van der Waals surface area contributed by atoms with E-state index in [1.165, 1.54) is 24.3 Å². The summed E-state index contributed by atoms with van der Waals surface area (Å²) in [5.74, 6) is -0.428. The molecule has 0 aliphatic heterocycles. The first-order valence-corrected chi connectivity index (χ1v) is 6.34. The highest BCUT2D eigenvalue weighted by atomic mass is 19.4. The Morgan fingerprint density at radius 2 is 1.48 bits per heavy atom. The number of hydrogen-bond donors (Lipinski definition) is 0. The molecule has 0 N–H and O–H groups in total. The summed E-state index contributed by atoms with van der Waals surface area (Å²) in [5.41, 5.74) is 0.247. The molecule has 2 aromatic rings. The van der Waals surface area contributed by atoms with Gasteiger partial charge < -0.3 is 0 Å². The van der Waals surface area contributed by atoms with Crippen molar-refractivity contribution in [1.82, 2.24) is 0 Å². The summed E-state index contributed by atoms with van der Waals surface area (Å²) < 4.78 is 51.7. The van der Waals surface area contributed by atoms with Crippen LogP contribution in [-0.2, 0) is 13.0 Å². The lowest BCUT2D eigenvalue weighted by Gasteiger charge is -2.11. The van der Waals surface area contributed by atoms with Crippen LogP contribution in [0.2, 0.25) is 0 Å². The molecule has 5 heteroatoms. The second kappa shape index (κ2) is 6.52. The fourth-order valence-corrected chi connectivity index (χ4v) is 1.81. The third-order valence-corrected chi connectivity index (χ3v) is 2.91. The summed E-state index contributed by atoms with van der Waals surface area (Å²) >= 11 is 0. The molecule has 21 heavy (non-hydrogen) atoms. The maximum atomic E-state index is 13.0. The molecule has 0 aliphatic carbocycles. The van der Waals surface area contributed by atoms with Gasteiger partial charge in [-0.3, -0.25) is 4.99 Å². The summed E-state index contributed by atoms with van der Waals surface area (Å²) in [6.07, 6.45) is -4.75. The molecule has 0 amide bonds. The number of benzene rings is 2. The lowest BCUT2D eigenvalue weighted by molar-refractivity contribution is -0.0603. The van der Waals surface area contributed by atoms with Crippen LogP contribution in [0.4, 0.5) is 17.6 Å². The van der Waals surface area contributed by atoms with E-state index in [-0.39, 0.29) is 13.0 Å². The van der Waals surface area contributed by atoms with Crippen LogP contribution in [-0.4, -0.2) is 11.9 Å². The molecule has 2 rings (SSSR count). The molecular formula is C16H13F4N. The zero-order valence-corrected chi connectivity index (χ0v) is 11.1. The van der Waals surface area contributed by atoms with Crippen molar-refractivity contribution in [3.05, 3.63) is 71.5 Å². The van der Waals surface area contributed by atoms with Crippen molar-refractivity contribution in [2.24, 2.45) is 4.99 Å². The molecule has 0 heterocycles. The number of alkyl halides is 3. The van der Waals surface area contributed by atoms with Gasteiger partial charge in [0.1, 0.15) is 11.5 Å². The van der Waals surface area contributed by atoms with Crippen molar-refractivity contribution in [1.29, 1.82) is 0 Å². The molecule has 0 saturated heterocycles. The van der Waals surface area contributed by atoms with Gasteiger partial charge in [0.15, 0.2) is 0 Å². The van der Waals surface area contributed by atoms with Gasteiger partial charge in [-0.15, -0.1) is 0 Å². The smallest absolute Gasteiger partial charge is 0.280 e. The van der Waals surface area contributed by atoms with Crippen molar-refractivity contribution in [3.8, 4) is 0 Å². The van der Waals surface area contributed by atoms with Crippen LogP contribution in [0, 0.1) is 5.82 Å². The normalized spacial score (nSPS) is 12.5. The number of aliphatic imine (C=N–C) groups is 1. The number of nitrogens with zero attached hydrogens (tertiary/aromatic N) is 1. The van der Waals surface area contributed by atoms with Crippen LogP contribution in [0.3, 0.4) is 0 Å². The van der Waals surface area contributed by atoms with Crippen molar-refractivity contribution in [2.75, 3.05) is 0 Å². The first-order chi connectivity index (χ1) is 9.95. The monoisotopic (exact) mass is 295 g/mol. The lowest BCUT2D eigenvalue weighted by atomic mass is 10.1. The highest BCUT2D eigenvalue weighted by molar-refractivity contribution is 5.91. The summed E-state index contributed by atoms with van der Waals surface area (Å²) in [6, 6.07) is 13.6. The second-order valence-electron chi connectivity index (χ2n) is 4.55. The fourth-order valence-electron chi connectivity index (χ4n) is 1.81. The van der Waals surface area contributed by atoms with Crippen molar-refractivity contribution in [2.45, 2.75) is 19.1 Å². The van der Waals surface area contributed by atoms with Gasteiger partial charge >= 0.3 is 6.18 Å². The Kier molecular flexibility index (Phi) is 4.73. The van der Waals surface area contributed by atoms with E-state index < -0.39 is 17.7 Å². The Balaban J connectivity index is 2.16. The highest BCUT2D eigenvalue weighted by Gasteiger charge is 2.35. The second-order valence-corrected chi connectivity index (χ2v) is 4.55. The fraction of sp³-hybridized carbons (Fsp3) is 0.188. The maximum Gasteiger partial charge on any atom is 0.429 e. The molecule has 0 fully saturated rings. The molecule has 2 aromatic carbocycles. The molecule has 1 nitrogen and oxygen atoms in total. The van der Waals surface area contributed by atoms with E-state index in [0.29, 0.717) is 11.1 Å². The van der Waals surface area contributed by atoms with E-state index in [1.54, 1.807) is 30.3 Å². The largest absolute Gasteiger partial charge is 0.429 e. The summed E-state index contributed by atoms with van der Waals surface area (Å²) in [4.78, 5) is 3.66. The Labute approximate surface area is 120 Å². The average molecular weight is 295 g/mol. The van der Waals surface area contributed by atoms with Gasteiger partial charge in [0.2, 0.25) is 0 Å². The first-order valence-electron chi connectivity index (χ1n) is 6.34. The van der Waals surface area contributed by atoms with Crippen LogP contribution >= 0.6 is 0 Å². The maximum absolute atomic E-state index is 13.0. The number of hydrogen-bond acceptors (Lipinski definition) is 1. The third-order valence-electron chi connectivity index (χ3n) is 2.91.